The second kappa shape index (κ2) is 6.41. The topological polar surface area (TPSA) is 30.5 Å². The van der Waals surface area contributed by atoms with E-state index >= 15 is 0 Å². The lowest BCUT2D eigenvalue weighted by atomic mass is 9.85. The van der Waals surface area contributed by atoms with Gasteiger partial charge < -0.3 is 14.8 Å². The molecular weight excluding hydrogens is 250 g/mol. The summed E-state index contributed by atoms with van der Waals surface area (Å²) in [5.74, 6) is 0.812. The zero-order valence-corrected chi connectivity index (χ0v) is 11.6. The molecule has 1 aliphatic carbocycles. The predicted octanol–water partition coefficient (Wildman–Crippen LogP) is 2.87. The van der Waals surface area contributed by atoms with Crippen LogP contribution in [0.4, 0.5) is 0 Å². The maximum atomic E-state index is 5.94. The van der Waals surface area contributed by atoms with Crippen molar-refractivity contribution in [2.45, 2.75) is 38.5 Å². The molecule has 3 atom stereocenters. The zero-order chi connectivity index (χ0) is 13.0. The van der Waals surface area contributed by atoms with Crippen LogP contribution in [0, 0.1) is 0 Å². The fourth-order valence-electron chi connectivity index (χ4n) is 2.29. The third kappa shape index (κ3) is 3.16. The van der Waals surface area contributed by atoms with Gasteiger partial charge in [-0.2, -0.15) is 0 Å². The molecule has 1 aliphatic rings. The van der Waals surface area contributed by atoms with Crippen LogP contribution in [-0.4, -0.2) is 31.4 Å². The lowest BCUT2D eigenvalue weighted by molar-refractivity contribution is -0.104. The molecule has 4 heteroatoms. The lowest BCUT2D eigenvalue weighted by Gasteiger charge is -2.44. The van der Waals surface area contributed by atoms with E-state index in [0.717, 1.165) is 18.7 Å². The van der Waals surface area contributed by atoms with Crippen LogP contribution in [0.2, 0.25) is 5.02 Å². The second-order valence-electron chi connectivity index (χ2n) is 4.43. The molecule has 3 nitrogen and oxygen atoms in total. The Bertz CT molecular complexity index is 386. The average Bonchev–Trinajstić information content (AvgIpc) is 2.35. The van der Waals surface area contributed by atoms with E-state index < -0.39 is 0 Å². The summed E-state index contributed by atoms with van der Waals surface area (Å²) in [6.45, 7) is 5.78. The van der Waals surface area contributed by atoms with Gasteiger partial charge in [0.25, 0.3) is 0 Å². The Labute approximate surface area is 113 Å². The van der Waals surface area contributed by atoms with Crippen molar-refractivity contribution >= 4 is 11.6 Å². The Balaban J connectivity index is 1.93. The van der Waals surface area contributed by atoms with Crippen LogP contribution in [-0.2, 0) is 4.74 Å². The quantitative estimate of drug-likeness (QED) is 0.861. The van der Waals surface area contributed by atoms with E-state index in [-0.39, 0.29) is 12.2 Å². The van der Waals surface area contributed by atoms with Crippen LogP contribution < -0.4 is 10.1 Å². The number of hydrogen-bond donors (Lipinski definition) is 1. The number of nitrogens with one attached hydrogen (secondary N) is 1. The Morgan fingerprint density at radius 1 is 1.39 bits per heavy atom. The molecule has 3 unspecified atom stereocenters. The third-order valence-electron chi connectivity index (χ3n) is 3.16. The van der Waals surface area contributed by atoms with E-state index in [1.54, 1.807) is 0 Å². The molecule has 0 saturated heterocycles. The molecule has 100 valence electrons. The van der Waals surface area contributed by atoms with Crippen molar-refractivity contribution < 1.29 is 9.47 Å². The van der Waals surface area contributed by atoms with E-state index in [2.05, 4.69) is 12.2 Å². The zero-order valence-electron chi connectivity index (χ0n) is 10.9. The monoisotopic (exact) mass is 269 g/mol. The number of hydrogen-bond acceptors (Lipinski definition) is 3. The summed E-state index contributed by atoms with van der Waals surface area (Å²) < 4.78 is 11.7. The van der Waals surface area contributed by atoms with E-state index in [4.69, 9.17) is 21.1 Å². The highest BCUT2D eigenvalue weighted by atomic mass is 35.5. The molecule has 0 aliphatic heterocycles. The molecule has 0 bridgehead atoms. The summed E-state index contributed by atoms with van der Waals surface area (Å²) in [6.07, 6.45) is 1.23. The maximum Gasteiger partial charge on any atom is 0.128 e. The summed E-state index contributed by atoms with van der Waals surface area (Å²) in [5.41, 5.74) is 0. The summed E-state index contributed by atoms with van der Waals surface area (Å²) in [6, 6.07) is 7.91. The first kappa shape index (κ1) is 13.7. The lowest BCUT2D eigenvalue weighted by Crippen LogP contribution is -2.61. The van der Waals surface area contributed by atoms with Crippen LogP contribution in [0.5, 0.6) is 5.75 Å². The standard InChI is InChI=1S/C14H20ClNO2/c1-3-16-12-9-13(14(12)17-4-2)18-11-7-5-6-10(15)8-11/h5-8,12-14,16H,3-4,9H2,1-2H3. The first-order valence-corrected chi connectivity index (χ1v) is 6.89. The summed E-state index contributed by atoms with van der Waals surface area (Å²) >= 11 is 5.94. The van der Waals surface area contributed by atoms with Crippen molar-refractivity contribution in [1.29, 1.82) is 0 Å². The summed E-state index contributed by atoms with van der Waals surface area (Å²) in [5, 5.41) is 4.11. The Kier molecular flexibility index (Phi) is 4.87. The van der Waals surface area contributed by atoms with Gasteiger partial charge in [-0.15, -0.1) is 0 Å². The number of halogens is 1. The molecular formula is C14H20ClNO2. The van der Waals surface area contributed by atoms with Crippen LogP contribution in [0.25, 0.3) is 0 Å². The molecule has 1 aromatic rings. The first-order chi connectivity index (χ1) is 8.74. The van der Waals surface area contributed by atoms with Gasteiger partial charge in [-0.1, -0.05) is 24.6 Å². The summed E-state index contributed by atoms with van der Waals surface area (Å²) in [7, 11) is 0. The largest absolute Gasteiger partial charge is 0.488 e. The number of ether oxygens (including phenoxy) is 2. The van der Waals surface area contributed by atoms with E-state index in [1.807, 2.05) is 31.2 Å². The fraction of sp³-hybridized carbons (Fsp3) is 0.571. The van der Waals surface area contributed by atoms with Crippen LogP contribution in [0.3, 0.4) is 0 Å². The van der Waals surface area contributed by atoms with Crippen molar-refractivity contribution in [2.75, 3.05) is 13.2 Å². The van der Waals surface area contributed by atoms with E-state index in [1.165, 1.54) is 0 Å². The van der Waals surface area contributed by atoms with Gasteiger partial charge in [-0.3, -0.25) is 0 Å². The molecule has 0 aromatic heterocycles. The molecule has 1 aromatic carbocycles. The molecule has 0 radical (unpaired) electrons. The van der Waals surface area contributed by atoms with Gasteiger partial charge in [0.2, 0.25) is 0 Å². The molecule has 2 rings (SSSR count). The highest BCUT2D eigenvalue weighted by Crippen LogP contribution is 2.30. The minimum atomic E-state index is 0.118. The highest BCUT2D eigenvalue weighted by molar-refractivity contribution is 6.30. The Morgan fingerprint density at radius 2 is 2.22 bits per heavy atom. The Morgan fingerprint density at radius 3 is 2.89 bits per heavy atom. The van der Waals surface area contributed by atoms with Gasteiger partial charge >= 0.3 is 0 Å². The van der Waals surface area contributed by atoms with Crippen LogP contribution >= 0.6 is 11.6 Å². The van der Waals surface area contributed by atoms with E-state index in [0.29, 0.717) is 17.7 Å². The van der Waals surface area contributed by atoms with Gasteiger partial charge in [-0.05, 0) is 31.7 Å². The van der Waals surface area contributed by atoms with Crippen molar-refractivity contribution in [3.63, 3.8) is 0 Å². The number of benzene rings is 1. The molecule has 1 N–H and O–H groups in total. The Hall–Kier alpha value is -0.770. The predicted molar refractivity (Wildman–Crippen MR) is 73.4 cm³/mol. The van der Waals surface area contributed by atoms with Crippen molar-refractivity contribution in [3.05, 3.63) is 29.3 Å². The molecule has 18 heavy (non-hydrogen) atoms. The molecule has 1 saturated carbocycles. The number of likely N-dealkylation sites (N-methyl/N-ethyl adjacent to an activating group) is 1. The average molecular weight is 270 g/mol. The van der Waals surface area contributed by atoms with E-state index in [9.17, 15) is 0 Å². The van der Waals surface area contributed by atoms with Gasteiger partial charge in [-0.25, -0.2) is 0 Å². The maximum absolute atomic E-state index is 5.94. The highest BCUT2D eigenvalue weighted by Gasteiger charge is 2.43. The summed E-state index contributed by atoms with van der Waals surface area (Å²) in [4.78, 5) is 0. The smallest absolute Gasteiger partial charge is 0.128 e. The number of rotatable bonds is 6. The molecule has 0 heterocycles. The van der Waals surface area contributed by atoms with Gasteiger partial charge in [0.05, 0.1) is 0 Å². The van der Waals surface area contributed by atoms with Gasteiger partial charge in [0, 0.05) is 24.1 Å². The third-order valence-corrected chi connectivity index (χ3v) is 3.39. The first-order valence-electron chi connectivity index (χ1n) is 6.51. The molecule has 0 spiro atoms. The molecule has 0 amide bonds. The van der Waals surface area contributed by atoms with Crippen LogP contribution in [0.1, 0.15) is 20.3 Å². The normalized spacial score (nSPS) is 26.7. The van der Waals surface area contributed by atoms with Crippen molar-refractivity contribution in [1.82, 2.24) is 5.32 Å². The SMILES string of the molecule is CCNC1CC(Oc2cccc(Cl)c2)C1OCC. The minimum absolute atomic E-state index is 0.118. The minimum Gasteiger partial charge on any atom is -0.488 e. The van der Waals surface area contributed by atoms with Crippen molar-refractivity contribution in [3.8, 4) is 5.75 Å². The fourth-order valence-corrected chi connectivity index (χ4v) is 2.47. The second-order valence-corrected chi connectivity index (χ2v) is 4.87. The van der Waals surface area contributed by atoms with Gasteiger partial charge in [0.1, 0.15) is 18.0 Å². The van der Waals surface area contributed by atoms with Crippen LogP contribution in [0.15, 0.2) is 24.3 Å². The van der Waals surface area contributed by atoms with Gasteiger partial charge in [0.15, 0.2) is 0 Å². The van der Waals surface area contributed by atoms with Crippen molar-refractivity contribution in [2.24, 2.45) is 0 Å². The molecule has 1 fully saturated rings.